The first-order valence-electron chi connectivity index (χ1n) is 5.41. The zero-order valence-electron chi connectivity index (χ0n) is 10.6. The standard InChI is InChI=1S/C11H19N3O2S/c1-7-8(2)16-10(13-7)17-6-5-11(3,4)9(12)14-15/h15H,5-6H2,1-4H3,(H2,12,14). The highest BCUT2D eigenvalue weighted by atomic mass is 32.2. The molecule has 6 heteroatoms. The average molecular weight is 257 g/mol. The number of aromatic nitrogens is 1. The van der Waals surface area contributed by atoms with E-state index in [1.807, 2.05) is 27.7 Å². The van der Waals surface area contributed by atoms with E-state index in [0.29, 0.717) is 5.22 Å². The van der Waals surface area contributed by atoms with Gasteiger partial charge in [0.15, 0.2) is 0 Å². The number of nitrogens with zero attached hydrogens (tertiary/aromatic N) is 2. The van der Waals surface area contributed by atoms with E-state index in [1.54, 1.807) is 11.8 Å². The number of aryl methyl sites for hydroxylation is 2. The normalized spacial score (nSPS) is 13.1. The molecular weight excluding hydrogens is 238 g/mol. The minimum absolute atomic E-state index is 0.248. The van der Waals surface area contributed by atoms with Gasteiger partial charge in [-0.3, -0.25) is 0 Å². The lowest BCUT2D eigenvalue weighted by atomic mass is 9.89. The minimum Gasteiger partial charge on any atom is -0.437 e. The molecule has 0 aliphatic rings. The van der Waals surface area contributed by atoms with Crippen LogP contribution in [0.5, 0.6) is 0 Å². The van der Waals surface area contributed by atoms with Gasteiger partial charge in [-0.25, -0.2) is 4.98 Å². The van der Waals surface area contributed by atoms with E-state index in [1.165, 1.54) is 0 Å². The lowest BCUT2D eigenvalue weighted by Crippen LogP contribution is -2.32. The zero-order chi connectivity index (χ0) is 13.1. The first-order valence-corrected chi connectivity index (χ1v) is 6.40. The van der Waals surface area contributed by atoms with E-state index >= 15 is 0 Å². The second kappa shape index (κ2) is 5.44. The Hall–Kier alpha value is -1.17. The van der Waals surface area contributed by atoms with Crippen molar-refractivity contribution in [2.75, 3.05) is 5.75 Å². The van der Waals surface area contributed by atoms with Gasteiger partial charge in [0.1, 0.15) is 11.6 Å². The van der Waals surface area contributed by atoms with Gasteiger partial charge in [0.05, 0.1) is 5.69 Å². The van der Waals surface area contributed by atoms with Gasteiger partial charge < -0.3 is 15.4 Å². The van der Waals surface area contributed by atoms with E-state index in [9.17, 15) is 0 Å². The average Bonchev–Trinajstić information content (AvgIpc) is 2.57. The van der Waals surface area contributed by atoms with Gasteiger partial charge in [-0.15, -0.1) is 0 Å². The van der Waals surface area contributed by atoms with Crippen molar-refractivity contribution in [3.8, 4) is 0 Å². The van der Waals surface area contributed by atoms with Crippen molar-refractivity contribution in [3.63, 3.8) is 0 Å². The van der Waals surface area contributed by atoms with Crippen molar-refractivity contribution < 1.29 is 9.62 Å². The van der Waals surface area contributed by atoms with Crippen molar-refractivity contribution >= 4 is 17.6 Å². The van der Waals surface area contributed by atoms with Crippen LogP contribution in [0.4, 0.5) is 0 Å². The van der Waals surface area contributed by atoms with Gasteiger partial charge in [-0.05, 0) is 20.3 Å². The molecule has 0 amide bonds. The van der Waals surface area contributed by atoms with Crippen LogP contribution in [0.3, 0.4) is 0 Å². The summed E-state index contributed by atoms with van der Waals surface area (Å²) in [5, 5.41) is 12.4. The van der Waals surface area contributed by atoms with E-state index in [2.05, 4.69) is 10.1 Å². The van der Waals surface area contributed by atoms with E-state index < -0.39 is 0 Å². The molecule has 17 heavy (non-hydrogen) atoms. The Morgan fingerprint density at radius 3 is 2.65 bits per heavy atom. The molecule has 0 aliphatic heterocycles. The van der Waals surface area contributed by atoms with Crippen LogP contribution in [0.15, 0.2) is 14.8 Å². The maximum Gasteiger partial charge on any atom is 0.256 e. The minimum atomic E-state index is -0.321. The molecule has 0 radical (unpaired) electrons. The molecular formula is C11H19N3O2S. The van der Waals surface area contributed by atoms with Crippen LogP contribution in [0, 0.1) is 19.3 Å². The quantitative estimate of drug-likeness (QED) is 0.278. The van der Waals surface area contributed by atoms with Gasteiger partial charge in [0.2, 0.25) is 0 Å². The second-order valence-corrected chi connectivity index (χ2v) is 5.64. The van der Waals surface area contributed by atoms with Gasteiger partial charge in [0.25, 0.3) is 5.22 Å². The summed E-state index contributed by atoms with van der Waals surface area (Å²) in [5.41, 5.74) is 6.21. The number of hydrogen-bond acceptors (Lipinski definition) is 5. The van der Waals surface area contributed by atoms with Crippen molar-refractivity contribution in [3.05, 3.63) is 11.5 Å². The van der Waals surface area contributed by atoms with Crippen LogP contribution < -0.4 is 5.73 Å². The fourth-order valence-corrected chi connectivity index (χ4v) is 2.33. The molecule has 3 N–H and O–H groups in total. The number of rotatable bonds is 5. The van der Waals surface area contributed by atoms with Gasteiger partial charge in [0, 0.05) is 11.2 Å². The van der Waals surface area contributed by atoms with E-state index in [-0.39, 0.29) is 11.3 Å². The summed E-state index contributed by atoms with van der Waals surface area (Å²) in [6, 6.07) is 0. The number of amidine groups is 1. The Balaban J connectivity index is 2.48. The van der Waals surface area contributed by atoms with Crippen molar-refractivity contribution in [1.29, 1.82) is 0 Å². The summed E-state index contributed by atoms with van der Waals surface area (Å²) < 4.78 is 5.46. The summed E-state index contributed by atoms with van der Waals surface area (Å²) in [4.78, 5) is 4.28. The number of oxime groups is 1. The van der Waals surface area contributed by atoms with Gasteiger partial charge in [-0.2, -0.15) is 0 Å². The number of hydrogen-bond donors (Lipinski definition) is 2. The summed E-state index contributed by atoms with van der Waals surface area (Å²) in [5.74, 6) is 1.91. The molecule has 1 heterocycles. The number of nitrogens with two attached hydrogens (primary N) is 1. The predicted octanol–water partition coefficient (Wildman–Crippen LogP) is 2.55. The van der Waals surface area contributed by atoms with Crippen LogP contribution in [-0.2, 0) is 0 Å². The van der Waals surface area contributed by atoms with Crippen LogP contribution in [-0.4, -0.2) is 21.8 Å². The molecule has 0 saturated heterocycles. The SMILES string of the molecule is Cc1nc(SCCC(C)(C)C(N)=NO)oc1C. The Kier molecular flexibility index (Phi) is 4.45. The maximum absolute atomic E-state index is 8.65. The molecule has 0 aliphatic carbocycles. The molecule has 1 aromatic heterocycles. The first-order chi connectivity index (χ1) is 7.86. The van der Waals surface area contributed by atoms with Crippen molar-refractivity contribution in [1.82, 2.24) is 4.98 Å². The first kappa shape index (κ1) is 13.9. The number of oxazole rings is 1. The largest absolute Gasteiger partial charge is 0.437 e. The van der Waals surface area contributed by atoms with Gasteiger partial charge in [-0.1, -0.05) is 30.8 Å². The molecule has 0 fully saturated rings. The molecule has 5 nitrogen and oxygen atoms in total. The highest BCUT2D eigenvalue weighted by molar-refractivity contribution is 7.99. The lowest BCUT2D eigenvalue weighted by molar-refractivity contribution is 0.307. The fourth-order valence-electron chi connectivity index (χ4n) is 1.16. The summed E-state index contributed by atoms with van der Waals surface area (Å²) in [6.45, 7) is 7.69. The summed E-state index contributed by atoms with van der Waals surface area (Å²) >= 11 is 1.54. The fraction of sp³-hybridized carbons (Fsp3) is 0.636. The monoisotopic (exact) mass is 257 g/mol. The summed E-state index contributed by atoms with van der Waals surface area (Å²) in [6.07, 6.45) is 0.786. The third-order valence-electron chi connectivity index (χ3n) is 2.76. The molecule has 0 saturated carbocycles. The predicted molar refractivity (Wildman–Crippen MR) is 68.5 cm³/mol. The van der Waals surface area contributed by atoms with Crippen LogP contribution in [0.25, 0.3) is 0 Å². The topological polar surface area (TPSA) is 84.6 Å². The maximum atomic E-state index is 8.65. The van der Waals surface area contributed by atoms with Crippen LogP contribution >= 0.6 is 11.8 Å². The molecule has 96 valence electrons. The van der Waals surface area contributed by atoms with E-state index in [4.69, 9.17) is 15.4 Å². The third-order valence-corrected chi connectivity index (χ3v) is 3.59. The Morgan fingerprint density at radius 1 is 1.53 bits per heavy atom. The highest BCUT2D eigenvalue weighted by Crippen LogP contribution is 2.27. The lowest BCUT2D eigenvalue weighted by Gasteiger charge is -2.21. The molecule has 0 unspecified atom stereocenters. The highest BCUT2D eigenvalue weighted by Gasteiger charge is 2.23. The Bertz CT molecular complexity index is 393. The van der Waals surface area contributed by atoms with Crippen LogP contribution in [0.1, 0.15) is 31.7 Å². The molecule has 0 bridgehead atoms. The second-order valence-electron chi connectivity index (χ2n) is 4.59. The molecule has 1 aromatic rings. The molecule has 0 aromatic carbocycles. The summed E-state index contributed by atoms with van der Waals surface area (Å²) in [7, 11) is 0. The smallest absolute Gasteiger partial charge is 0.256 e. The van der Waals surface area contributed by atoms with Gasteiger partial charge >= 0.3 is 0 Å². The zero-order valence-corrected chi connectivity index (χ0v) is 11.5. The van der Waals surface area contributed by atoms with Crippen molar-refractivity contribution in [2.45, 2.75) is 39.3 Å². The molecule has 1 rings (SSSR count). The number of thioether (sulfide) groups is 1. The Labute approximate surface area is 105 Å². The third kappa shape index (κ3) is 3.66. The van der Waals surface area contributed by atoms with Crippen molar-refractivity contribution in [2.24, 2.45) is 16.3 Å². The van der Waals surface area contributed by atoms with E-state index in [0.717, 1.165) is 23.6 Å². The molecule has 0 spiro atoms. The molecule has 0 atom stereocenters. The Morgan fingerprint density at radius 2 is 2.18 bits per heavy atom. The van der Waals surface area contributed by atoms with Crippen LogP contribution in [0.2, 0.25) is 0 Å².